The average Bonchev–Trinajstić information content (AvgIpc) is 3.13. The maximum Gasteiger partial charge on any atom is 0.472 e. The number of hydrogen-bond acceptors (Lipinski definition) is 5. The molecule has 3 N–H and O–H groups in total. The van der Waals surface area contributed by atoms with Crippen LogP contribution >= 0.6 is 7.82 Å². The molecule has 9 heteroatoms. The van der Waals surface area contributed by atoms with E-state index < -0.39 is 20.0 Å². The van der Waals surface area contributed by atoms with Crippen LogP contribution in [0.1, 0.15) is 213 Å². The molecule has 0 aromatic heterocycles. The van der Waals surface area contributed by atoms with Crippen LogP contribution in [0.4, 0.5) is 0 Å². The average molecular weight is 800 g/mol. The third-order valence-corrected chi connectivity index (χ3v) is 11.4. The highest BCUT2D eigenvalue weighted by atomic mass is 31.2. The first-order chi connectivity index (χ1) is 26.5. The standard InChI is InChI=1S/C46H91N2O6P/c1-6-8-10-12-14-16-18-20-21-22-23-24-25-26-28-30-32-34-36-38-40-46(50)47-44(43-54-55(51,52)53-42-41-48(3,4)5)45(49)39-37-35-33-31-29-27-19-17-15-13-11-9-7-2/h29,31,37,39,44-45,49H,6-28,30,32-36,38,40-43H2,1-5H3,(H-,47,50,51,52)/p+1/b31-29+,39-37+. The fourth-order valence-electron chi connectivity index (χ4n) is 6.70. The van der Waals surface area contributed by atoms with Crippen LogP contribution in [0.5, 0.6) is 0 Å². The minimum Gasteiger partial charge on any atom is -0.387 e. The smallest absolute Gasteiger partial charge is 0.387 e. The molecule has 0 radical (unpaired) electrons. The zero-order valence-electron chi connectivity index (χ0n) is 36.9. The lowest BCUT2D eigenvalue weighted by molar-refractivity contribution is -0.870. The number of amides is 1. The van der Waals surface area contributed by atoms with Gasteiger partial charge in [0.05, 0.1) is 39.9 Å². The lowest BCUT2D eigenvalue weighted by Gasteiger charge is -2.25. The first-order valence-electron chi connectivity index (χ1n) is 23.2. The van der Waals surface area contributed by atoms with E-state index in [2.05, 4.69) is 31.3 Å². The van der Waals surface area contributed by atoms with Gasteiger partial charge in [0.25, 0.3) is 0 Å². The van der Waals surface area contributed by atoms with E-state index in [4.69, 9.17) is 9.05 Å². The lowest BCUT2D eigenvalue weighted by Crippen LogP contribution is -2.45. The van der Waals surface area contributed by atoms with Crippen LogP contribution < -0.4 is 5.32 Å². The van der Waals surface area contributed by atoms with E-state index in [9.17, 15) is 19.4 Å². The van der Waals surface area contributed by atoms with Gasteiger partial charge in [-0.3, -0.25) is 13.8 Å². The summed E-state index contributed by atoms with van der Waals surface area (Å²) < 4.78 is 23.5. The summed E-state index contributed by atoms with van der Waals surface area (Å²) in [6.07, 6.45) is 45.4. The van der Waals surface area contributed by atoms with Gasteiger partial charge in [-0.25, -0.2) is 4.57 Å². The van der Waals surface area contributed by atoms with Crippen LogP contribution in [0.3, 0.4) is 0 Å². The zero-order valence-corrected chi connectivity index (χ0v) is 37.8. The van der Waals surface area contributed by atoms with Crippen LogP contribution in [0.2, 0.25) is 0 Å². The molecule has 55 heavy (non-hydrogen) atoms. The molecule has 0 fully saturated rings. The first kappa shape index (κ1) is 54.0. The number of quaternary nitrogens is 1. The Bertz CT molecular complexity index is 953. The number of likely N-dealkylation sites (N-methyl/N-ethyl adjacent to an activating group) is 1. The number of carbonyl (C=O) groups is 1. The molecule has 0 aliphatic rings. The van der Waals surface area contributed by atoms with E-state index in [1.54, 1.807) is 6.08 Å². The number of nitrogens with zero attached hydrogens (tertiary/aromatic N) is 1. The molecular weight excluding hydrogens is 707 g/mol. The predicted molar refractivity (Wildman–Crippen MR) is 235 cm³/mol. The second kappa shape index (κ2) is 38.5. The lowest BCUT2D eigenvalue weighted by atomic mass is 10.0. The van der Waals surface area contributed by atoms with Gasteiger partial charge >= 0.3 is 7.82 Å². The van der Waals surface area contributed by atoms with Crippen molar-refractivity contribution in [2.45, 2.75) is 225 Å². The number of nitrogens with one attached hydrogen (secondary N) is 1. The van der Waals surface area contributed by atoms with Gasteiger partial charge in [0.2, 0.25) is 5.91 Å². The number of aliphatic hydroxyl groups is 1. The Labute approximate surface area is 341 Å². The fourth-order valence-corrected chi connectivity index (χ4v) is 7.44. The number of hydrogen-bond donors (Lipinski definition) is 3. The molecule has 0 saturated heterocycles. The van der Waals surface area contributed by atoms with Crippen LogP contribution in [-0.4, -0.2) is 73.4 Å². The third-order valence-electron chi connectivity index (χ3n) is 10.4. The largest absolute Gasteiger partial charge is 0.472 e. The van der Waals surface area contributed by atoms with Crippen LogP contribution in [0, 0.1) is 0 Å². The van der Waals surface area contributed by atoms with Crippen molar-refractivity contribution in [1.82, 2.24) is 5.32 Å². The Morgan fingerprint density at radius 2 is 1.00 bits per heavy atom. The second-order valence-electron chi connectivity index (χ2n) is 17.1. The van der Waals surface area contributed by atoms with Crippen molar-refractivity contribution in [2.24, 2.45) is 0 Å². The molecule has 0 saturated carbocycles. The van der Waals surface area contributed by atoms with Gasteiger partial charge in [-0.05, 0) is 32.1 Å². The molecule has 8 nitrogen and oxygen atoms in total. The van der Waals surface area contributed by atoms with Crippen molar-refractivity contribution >= 4 is 13.7 Å². The molecule has 0 aromatic rings. The normalized spacial score (nSPS) is 14.5. The molecule has 0 aliphatic carbocycles. The molecule has 0 spiro atoms. The predicted octanol–water partition coefficient (Wildman–Crippen LogP) is 12.9. The van der Waals surface area contributed by atoms with E-state index in [-0.39, 0.29) is 19.1 Å². The summed E-state index contributed by atoms with van der Waals surface area (Å²) in [5.74, 6) is -0.185. The quantitative estimate of drug-likeness (QED) is 0.0246. The van der Waals surface area contributed by atoms with Crippen LogP contribution in [0.15, 0.2) is 24.3 Å². The van der Waals surface area contributed by atoms with Crippen molar-refractivity contribution in [3.63, 3.8) is 0 Å². The number of phosphoric ester groups is 1. The van der Waals surface area contributed by atoms with Crippen molar-refractivity contribution < 1.29 is 32.9 Å². The van der Waals surface area contributed by atoms with Gasteiger partial charge in [-0.2, -0.15) is 0 Å². The van der Waals surface area contributed by atoms with Crippen molar-refractivity contribution in [1.29, 1.82) is 0 Å². The molecule has 3 unspecified atom stereocenters. The fraction of sp³-hybridized carbons (Fsp3) is 0.891. The topological polar surface area (TPSA) is 105 Å². The number of rotatable bonds is 42. The molecule has 0 rings (SSSR count). The number of carbonyl (C=O) groups excluding carboxylic acids is 1. The summed E-state index contributed by atoms with van der Waals surface area (Å²) in [6, 6.07) is -0.857. The molecule has 0 aromatic carbocycles. The molecule has 0 aliphatic heterocycles. The summed E-state index contributed by atoms with van der Waals surface area (Å²) in [6.45, 7) is 4.79. The van der Waals surface area contributed by atoms with Crippen LogP contribution in [-0.2, 0) is 18.4 Å². The van der Waals surface area contributed by atoms with Gasteiger partial charge in [-0.1, -0.05) is 199 Å². The summed E-state index contributed by atoms with van der Waals surface area (Å²) in [4.78, 5) is 23.1. The highest BCUT2D eigenvalue weighted by molar-refractivity contribution is 7.47. The molecule has 3 atom stereocenters. The van der Waals surface area contributed by atoms with Gasteiger partial charge in [0.15, 0.2) is 0 Å². The van der Waals surface area contributed by atoms with Crippen molar-refractivity contribution in [2.75, 3.05) is 40.9 Å². The van der Waals surface area contributed by atoms with E-state index in [0.29, 0.717) is 17.4 Å². The third kappa shape index (κ3) is 41.0. The van der Waals surface area contributed by atoms with E-state index >= 15 is 0 Å². The Kier molecular flexibility index (Phi) is 37.8. The monoisotopic (exact) mass is 800 g/mol. The number of unbranched alkanes of at least 4 members (excludes halogenated alkanes) is 27. The minimum absolute atomic E-state index is 0.0582. The SMILES string of the molecule is CCCCCCCCC/C=C/CC/C=C/C(O)C(COP(=O)(O)OCC[N+](C)(C)C)NC(=O)CCCCCCCCCCCCCCCCCCCCCC. The molecule has 1 amide bonds. The minimum atomic E-state index is -4.34. The van der Waals surface area contributed by atoms with Gasteiger partial charge in [0.1, 0.15) is 13.2 Å². The number of aliphatic hydroxyl groups excluding tert-OH is 1. The Balaban J connectivity index is 4.34. The number of phosphoric acid groups is 1. The van der Waals surface area contributed by atoms with Gasteiger partial charge in [-0.15, -0.1) is 0 Å². The maximum absolute atomic E-state index is 12.9. The molecular formula is C46H92N2O6P+. The summed E-state index contributed by atoms with van der Waals surface area (Å²) in [5, 5.41) is 13.8. The molecule has 326 valence electrons. The summed E-state index contributed by atoms with van der Waals surface area (Å²) in [5.41, 5.74) is 0. The summed E-state index contributed by atoms with van der Waals surface area (Å²) >= 11 is 0. The molecule has 0 heterocycles. The second-order valence-corrected chi connectivity index (χ2v) is 18.6. The van der Waals surface area contributed by atoms with Crippen molar-refractivity contribution in [3.05, 3.63) is 24.3 Å². The highest BCUT2D eigenvalue weighted by Gasteiger charge is 2.27. The molecule has 0 bridgehead atoms. The Morgan fingerprint density at radius 3 is 1.45 bits per heavy atom. The van der Waals surface area contributed by atoms with Crippen molar-refractivity contribution in [3.8, 4) is 0 Å². The maximum atomic E-state index is 12.9. The zero-order chi connectivity index (χ0) is 40.7. The van der Waals surface area contributed by atoms with Crippen LogP contribution in [0.25, 0.3) is 0 Å². The van der Waals surface area contributed by atoms with E-state index in [1.165, 1.54) is 154 Å². The summed E-state index contributed by atoms with van der Waals surface area (Å²) in [7, 11) is 1.56. The van der Waals surface area contributed by atoms with E-state index in [0.717, 1.165) is 38.5 Å². The highest BCUT2D eigenvalue weighted by Crippen LogP contribution is 2.43. The first-order valence-corrected chi connectivity index (χ1v) is 24.7. The number of allylic oxidation sites excluding steroid dienone is 3. The van der Waals surface area contributed by atoms with Gasteiger partial charge in [0, 0.05) is 6.42 Å². The van der Waals surface area contributed by atoms with E-state index in [1.807, 2.05) is 27.2 Å². The Hall–Kier alpha value is -1.02. The Morgan fingerprint density at radius 1 is 0.600 bits per heavy atom. The van der Waals surface area contributed by atoms with Gasteiger partial charge < -0.3 is 19.8 Å².